The van der Waals surface area contributed by atoms with Crippen LogP contribution < -0.4 is 10.2 Å². The molecule has 53 heavy (non-hydrogen) atoms. The number of rotatable bonds is 9. The number of anilines is 1. The Morgan fingerprint density at radius 2 is 1.74 bits per heavy atom. The maximum absolute atomic E-state index is 13.4. The molecule has 12 heteroatoms. The number of pyridine rings is 1. The second-order valence-corrected chi connectivity index (χ2v) is 15.4. The summed E-state index contributed by atoms with van der Waals surface area (Å²) in [4.78, 5) is 66.7. The van der Waals surface area contributed by atoms with Gasteiger partial charge in [-0.3, -0.25) is 34.3 Å². The fourth-order valence-corrected chi connectivity index (χ4v) is 8.85. The van der Waals surface area contributed by atoms with E-state index in [1.807, 2.05) is 47.6 Å². The minimum atomic E-state index is -0.604. The van der Waals surface area contributed by atoms with Crippen LogP contribution in [0.3, 0.4) is 0 Å². The second kappa shape index (κ2) is 13.9. The number of fused-ring (bicyclic) bond motifs is 2. The standard InChI is InChI=1S/C41H42ClN7O4/c42-38-33(22-44-39-37(38)32(21-43-39)26-5-6-26)28-3-1-4-30(20-28)48-18-17-47(24-36(48)51)14-2-13-46-15-11-25(12-16-46)27-7-8-31-29(19-27)23-49(41(31)53)34-9-10-35(50)45-40(34)52/h1,3-4,7-8,11,19-22,26,34H,2,5-6,9-10,12-18,23-24H2,(H,43,44)(H,45,50,52). The molecule has 6 heterocycles. The molecule has 2 aromatic carbocycles. The predicted octanol–water partition coefficient (Wildman–Crippen LogP) is 5.35. The molecule has 5 aliphatic rings. The topological polar surface area (TPSA) is 122 Å². The molecule has 2 saturated heterocycles. The molecule has 4 aliphatic heterocycles. The van der Waals surface area contributed by atoms with Crippen LogP contribution in [0.15, 0.2) is 60.9 Å². The number of piperidine rings is 1. The number of amides is 4. The maximum atomic E-state index is 13.4. The van der Waals surface area contributed by atoms with Gasteiger partial charge in [-0.05, 0) is 103 Å². The van der Waals surface area contributed by atoms with Crippen LogP contribution in [0.2, 0.25) is 5.02 Å². The van der Waals surface area contributed by atoms with Crippen molar-refractivity contribution in [1.29, 1.82) is 0 Å². The molecule has 1 unspecified atom stereocenters. The Bertz CT molecular complexity index is 2190. The summed E-state index contributed by atoms with van der Waals surface area (Å²) in [6.07, 6.45) is 11.0. The molecule has 1 aliphatic carbocycles. The Balaban J connectivity index is 0.766. The number of imide groups is 1. The highest BCUT2D eigenvalue weighted by Crippen LogP contribution is 2.46. The lowest BCUT2D eigenvalue weighted by molar-refractivity contribution is -0.137. The summed E-state index contributed by atoms with van der Waals surface area (Å²) in [6.45, 7) is 5.89. The molecular formula is C41H42ClN7O4. The number of carbonyl (C=O) groups is 4. The summed E-state index contributed by atoms with van der Waals surface area (Å²) in [5.74, 6) is -0.148. The third-order valence-corrected chi connectivity index (χ3v) is 12.0. The number of H-pyrrole nitrogens is 1. The molecule has 9 rings (SSSR count). The van der Waals surface area contributed by atoms with Gasteiger partial charge in [0.15, 0.2) is 0 Å². The molecule has 11 nitrogen and oxygen atoms in total. The monoisotopic (exact) mass is 731 g/mol. The van der Waals surface area contributed by atoms with Gasteiger partial charge in [-0.2, -0.15) is 0 Å². The lowest BCUT2D eigenvalue weighted by atomic mass is 9.96. The number of carbonyl (C=O) groups excluding carboxylic acids is 4. The van der Waals surface area contributed by atoms with Crippen molar-refractivity contribution in [1.82, 2.24) is 30.0 Å². The first-order valence-electron chi connectivity index (χ1n) is 18.8. The fraction of sp³-hybridized carbons (Fsp3) is 0.390. The van der Waals surface area contributed by atoms with E-state index in [1.54, 1.807) is 4.90 Å². The Kier molecular flexibility index (Phi) is 8.88. The number of aromatic nitrogens is 2. The molecule has 4 aromatic rings. The van der Waals surface area contributed by atoms with Crippen molar-refractivity contribution in [3.05, 3.63) is 88.2 Å². The number of hydrogen-bond acceptors (Lipinski definition) is 7. The van der Waals surface area contributed by atoms with E-state index in [1.165, 1.54) is 24.0 Å². The van der Waals surface area contributed by atoms with Crippen LogP contribution in [0.5, 0.6) is 0 Å². The van der Waals surface area contributed by atoms with Crippen LogP contribution in [0, 0.1) is 0 Å². The lowest BCUT2D eigenvalue weighted by Crippen LogP contribution is -2.52. The van der Waals surface area contributed by atoms with E-state index in [9.17, 15) is 19.2 Å². The van der Waals surface area contributed by atoms with Gasteiger partial charge in [0.05, 0.1) is 11.6 Å². The third kappa shape index (κ3) is 6.55. The molecular weight excluding hydrogens is 690 g/mol. The molecule has 0 bridgehead atoms. The van der Waals surface area contributed by atoms with E-state index in [0.29, 0.717) is 42.6 Å². The zero-order chi connectivity index (χ0) is 36.2. The SMILES string of the molecule is O=C1CCC(N2Cc3cc(C4=CCN(CCCN5CCN(c6cccc(-c7cnc8[nH]cc(C9CC9)c8c7Cl)c6)C(=O)C5)CC4)ccc3C2=O)C(=O)N1. The molecule has 4 amide bonds. The van der Waals surface area contributed by atoms with Crippen molar-refractivity contribution in [2.75, 3.05) is 50.7 Å². The van der Waals surface area contributed by atoms with E-state index in [-0.39, 0.29) is 30.0 Å². The van der Waals surface area contributed by atoms with E-state index in [0.717, 1.165) is 84.5 Å². The Hall–Kier alpha value is -4.84. The van der Waals surface area contributed by atoms with E-state index in [2.05, 4.69) is 43.3 Å². The van der Waals surface area contributed by atoms with Gasteiger partial charge >= 0.3 is 0 Å². The minimum Gasteiger partial charge on any atom is -0.346 e. The van der Waals surface area contributed by atoms with Gasteiger partial charge in [0.1, 0.15) is 11.7 Å². The first kappa shape index (κ1) is 34.0. The van der Waals surface area contributed by atoms with Gasteiger partial charge in [0, 0.05) is 73.7 Å². The highest BCUT2D eigenvalue weighted by atomic mass is 35.5. The summed E-state index contributed by atoms with van der Waals surface area (Å²) in [6, 6.07) is 13.5. The zero-order valence-electron chi connectivity index (χ0n) is 29.6. The zero-order valence-corrected chi connectivity index (χ0v) is 30.3. The fourth-order valence-electron chi connectivity index (χ4n) is 8.49. The molecule has 0 radical (unpaired) electrons. The van der Waals surface area contributed by atoms with Crippen molar-refractivity contribution in [2.24, 2.45) is 0 Å². The molecule has 272 valence electrons. The summed E-state index contributed by atoms with van der Waals surface area (Å²) in [7, 11) is 0. The molecule has 2 aromatic heterocycles. The van der Waals surface area contributed by atoms with Crippen LogP contribution >= 0.6 is 11.6 Å². The molecule has 0 spiro atoms. The van der Waals surface area contributed by atoms with Crippen molar-refractivity contribution in [3.8, 4) is 11.1 Å². The first-order chi connectivity index (χ1) is 25.8. The number of halogens is 1. The van der Waals surface area contributed by atoms with E-state index in [4.69, 9.17) is 11.6 Å². The summed E-state index contributed by atoms with van der Waals surface area (Å²) in [5.41, 5.74) is 8.76. The highest BCUT2D eigenvalue weighted by molar-refractivity contribution is 6.38. The number of hydrogen-bond donors (Lipinski definition) is 2. The van der Waals surface area contributed by atoms with E-state index < -0.39 is 6.04 Å². The molecule has 2 N–H and O–H groups in total. The van der Waals surface area contributed by atoms with Gasteiger partial charge in [-0.1, -0.05) is 35.9 Å². The Labute approximate surface area is 313 Å². The highest BCUT2D eigenvalue weighted by Gasteiger charge is 2.39. The van der Waals surface area contributed by atoms with Crippen LogP contribution in [0.4, 0.5) is 5.69 Å². The smallest absolute Gasteiger partial charge is 0.255 e. The minimum absolute atomic E-state index is 0.108. The predicted molar refractivity (Wildman–Crippen MR) is 203 cm³/mol. The molecule has 1 saturated carbocycles. The summed E-state index contributed by atoms with van der Waals surface area (Å²) < 4.78 is 0. The summed E-state index contributed by atoms with van der Waals surface area (Å²) in [5, 5.41) is 4.10. The maximum Gasteiger partial charge on any atom is 0.255 e. The quantitative estimate of drug-likeness (QED) is 0.223. The van der Waals surface area contributed by atoms with Crippen LogP contribution in [0.25, 0.3) is 27.7 Å². The third-order valence-electron chi connectivity index (χ3n) is 11.6. The number of benzene rings is 2. The van der Waals surface area contributed by atoms with E-state index >= 15 is 0 Å². The number of nitrogens with zero attached hydrogens (tertiary/aromatic N) is 5. The second-order valence-electron chi connectivity index (χ2n) is 15.0. The Morgan fingerprint density at radius 3 is 2.53 bits per heavy atom. The first-order valence-corrected chi connectivity index (χ1v) is 19.2. The largest absolute Gasteiger partial charge is 0.346 e. The van der Waals surface area contributed by atoms with Crippen molar-refractivity contribution in [2.45, 2.75) is 57.0 Å². The summed E-state index contributed by atoms with van der Waals surface area (Å²) >= 11 is 6.99. The van der Waals surface area contributed by atoms with Crippen LogP contribution in [-0.2, 0) is 20.9 Å². The molecule has 1 atom stereocenters. The van der Waals surface area contributed by atoms with Crippen LogP contribution in [0.1, 0.15) is 71.5 Å². The van der Waals surface area contributed by atoms with Gasteiger partial charge in [0.2, 0.25) is 17.7 Å². The Morgan fingerprint density at radius 1 is 0.868 bits per heavy atom. The van der Waals surface area contributed by atoms with Crippen molar-refractivity contribution >= 4 is 57.5 Å². The average molecular weight is 732 g/mol. The van der Waals surface area contributed by atoms with Gasteiger partial charge < -0.3 is 14.8 Å². The lowest BCUT2D eigenvalue weighted by Gasteiger charge is -2.35. The van der Waals surface area contributed by atoms with Crippen molar-refractivity contribution < 1.29 is 19.2 Å². The number of aromatic amines is 1. The number of nitrogens with one attached hydrogen (secondary N) is 2. The van der Waals surface area contributed by atoms with Gasteiger partial charge in [-0.15, -0.1) is 0 Å². The number of piperazine rings is 1. The average Bonchev–Trinajstić information content (AvgIpc) is 3.83. The van der Waals surface area contributed by atoms with Gasteiger partial charge in [-0.25, -0.2) is 4.98 Å². The van der Waals surface area contributed by atoms with Gasteiger partial charge in [0.25, 0.3) is 5.91 Å². The normalized spacial score (nSPS) is 21.4. The van der Waals surface area contributed by atoms with Crippen molar-refractivity contribution in [3.63, 3.8) is 0 Å². The molecule has 3 fully saturated rings. The van der Waals surface area contributed by atoms with Crippen LogP contribution in [-0.4, -0.2) is 100 Å².